The fourth-order valence-electron chi connectivity index (χ4n) is 4.21. The van der Waals surface area contributed by atoms with Gasteiger partial charge in [0.1, 0.15) is 6.04 Å². The van der Waals surface area contributed by atoms with Gasteiger partial charge in [-0.15, -0.1) is 0 Å². The van der Waals surface area contributed by atoms with Crippen LogP contribution in [0.5, 0.6) is 0 Å². The molecule has 0 aromatic heterocycles. The second-order valence-electron chi connectivity index (χ2n) is 7.87. The molecule has 2 aromatic rings. The first-order valence-electron chi connectivity index (χ1n) is 10.1. The van der Waals surface area contributed by atoms with Gasteiger partial charge in [-0.2, -0.15) is 4.31 Å². The van der Waals surface area contributed by atoms with Crippen LogP contribution in [0.2, 0.25) is 0 Å². The molecule has 1 atom stereocenters. The molecule has 2 aliphatic heterocycles. The quantitative estimate of drug-likeness (QED) is 0.813. The Hall–Kier alpha value is -2.71. The van der Waals surface area contributed by atoms with Gasteiger partial charge in [-0.1, -0.05) is 12.1 Å². The van der Waals surface area contributed by atoms with Gasteiger partial charge in [0.05, 0.1) is 4.90 Å². The van der Waals surface area contributed by atoms with Crippen LogP contribution in [0.4, 0.5) is 11.4 Å². The molecule has 0 radical (unpaired) electrons. The van der Waals surface area contributed by atoms with Gasteiger partial charge < -0.3 is 5.32 Å². The number of hydrogen-bond acceptors (Lipinski definition) is 4. The smallest absolute Gasteiger partial charge is 0.247 e. The predicted molar refractivity (Wildman–Crippen MR) is 115 cm³/mol. The van der Waals surface area contributed by atoms with Crippen molar-refractivity contribution in [2.24, 2.45) is 0 Å². The van der Waals surface area contributed by atoms with Gasteiger partial charge in [0.15, 0.2) is 0 Å². The maximum Gasteiger partial charge on any atom is 0.247 e. The summed E-state index contributed by atoms with van der Waals surface area (Å²) in [6.07, 6.45) is 2.00. The van der Waals surface area contributed by atoms with E-state index in [2.05, 4.69) is 5.32 Å². The zero-order valence-electron chi connectivity index (χ0n) is 17.1. The lowest BCUT2D eigenvalue weighted by Crippen LogP contribution is -2.44. The van der Waals surface area contributed by atoms with Crippen LogP contribution in [0.25, 0.3) is 0 Å². The molecule has 158 valence electrons. The minimum Gasteiger partial charge on any atom is -0.324 e. The number of carbonyl (C=O) groups excluding carboxylic acids is 2. The summed E-state index contributed by atoms with van der Waals surface area (Å²) in [6, 6.07) is 11.5. The van der Waals surface area contributed by atoms with Crippen LogP contribution in [-0.4, -0.2) is 43.7 Å². The van der Waals surface area contributed by atoms with Crippen molar-refractivity contribution >= 4 is 33.2 Å². The molecule has 0 aliphatic carbocycles. The van der Waals surface area contributed by atoms with Crippen molar-refractivity contribution in [2.75, 3.05) is 23.3 Å². The van der Waals surface area contributed by atoms with Gasteiger partial charge in [-0.3, -0.25) is 14.5 Å². The van der Waals surface area contributed by atoms with Crippen LogP contribution in [0.1, 0.15) is 30.9 Å². The van der Waals surface area contributed by atoms with Crippen LogP contribution in [0, 0.1) is 6.92 Å². The highest BCUT2D eigenvalue weighted by atomic mass is 32.2. The molecular weight excluding hydrogens is 402 g/mol. The van der Waals surface area contributed by atoms with Gasteiger partial charge in [0.25, 0.3) is 0 Å². The van der Waals surface area contributed by atoms with Crippen molar-refractivity contribution in [3.8, 4) is 0 Å². The summed E-state index contributed by atoms with van der Waals surface area (Å²) in [5.74, 6) is -0.552. The van der Waals surface area contributed by atoms with E-state index in [0.717, 1.165) is 18.4 Å². The second-order valence-corrected chi connectivity index (χ2v) is 9.81. The Bertz CT molecular complexity index is 1110. The molecule has 1 fully saturated rings. The molecule has 1 N–H and O–H groups in total. The van der Waals surface area contributed by atoms with Crippen molar-refractivity contribution in [1.82, 2.24) is 4.31 Å². The van der Waals surface area contributed by atoms with E-state index >= 15 is 0 Å². The standard InChI is InChI=1S/C22H25N3O4S/c1-15-6-5-7-18(12-15)23-22(27)21-14-17-13-19(8-9-20(17)25(21)16(2)26)30(28,29)24-10-3-4-11-24/h5-9,12-13,21H,3-4,10-11,14H2,1-2H3,(H,23,27)/t21-/m0/s1. The van der Waals surface area contributed by atoms with E-state index in [1.807, 2.05) is 25.1 Å². The summed E-state index contributed by atoms with van der Waals surface area (Å²) >= 11 is 0. The first-order chi connectivity index (χ1) is 14.3. The Labute approximate surface area is 176 Å². The Morgan fingerprint density at radius 1 is 1.07 bits per heavy atom. The van der Waals surface area contributed by atoms with Gasteiger partial charge in [-0.25, -0.2) is 8.42 Å². The number of rotatable bonds is 4. The molecule has 0 spiro atoms. The molecular formula is C22H25N3O4S. The first kappa shape index (κ1) is 20.6. The normalized spacial score (nSPS) is 19.0. The first-order valence-corrected chi connectivity index (χ1v) is 11.5. The summed E-state index contributed by atoms with van der Waals surface area (Å²) in [5.41, 5.74) is 2.96. The van der Waals surface area contributed by atoms with E-state index in [9.17, 15) is 18.0 Å². The fourth-order valence-corrected chi connectivity index (χ4v) is 5.78. The van der Waals surface area contributed by atoms with Crippen LogP contribution < -0.4 is 10.2 Å². The van der Waals surface area contributed by atoms with Gasteiger partial charge in [-0.05, 0) is 61.2 Å². The summed E-state index contributed by atoms with van der Waals surface area (Å²) in [4.78, 5) is 27.0. The summed E-state index contributed by atoms with van der Waals surface area (Å²) in [5, 5.41) is 2.87. The van der Waals surface area contributed by atoms with E-state index in [0.29, 0.717) is 30.0 Å². The van der Waals surface area contributed by atoms with E-state index < -0.39 is 16.1 Å². The number of benzene rings is 2. The SMILES string of the molecule is CC(=O)N1c2ccc(S(=O)(=O)N3CCCC3)cc2C[C@H]1C(=O)Nc1cccc(C)c1. The van der Waals surface area contributed by atoms with Gasteiger partial charge in [0, 0.05) is 37.8 Å². The van der Waals surface area contributed by atoms with Crippen LogP contribution in [-0.2, 0) is 26.0 Å². The van der Waals surface area contributed by atoms with Crippen molar-refractivity contribution < 1.29 is 18.0 Å². The molecule has 1 saturated heterocycles. The lowest BCUT2D eigenvalue weighted by Gasteiger charge is -2.23. The van der Waals surface area contributed by atoms with Crippen LogP contribution in [0.15, 0.2) is 47.4 Å². The summed E-state index contributed by atoms with van der Waals surface area (Å²) < 4.78 is 27.3. The van der Waals surface area contributed by atoms with E-state index in [1.54, 1.807) is 18.2 Å². The fraction of sp³-hybridized carbons (Fsp3) is 0.364. The molecule has 2 amide bonds. The topological polar surface area (TPSA) is 86.8 Å². The number of nitrogens with one attached hydrogen (secondary N) is 1. The highest BCUT2D eigenvalue weighted by Gasteiger charge is 2.38. The zero-order valence-corrected chi connectivity index (χ0v) is 17.9. The maximum atomic E-state index is 13.0. The minimum atomic E-state index is -3.56. The van der Waals surface area contributed by atoms with E-state index in [1.165, 1.54) is 22.2 Å². The van der Waals surface area contributed by atoms with Crippen molar-refractivity contribution in [3.63, 3.8) is 0 Å². The van der Waals surface area contributed by atoms with Crippen LogP contribution in [0.3, 0.4) is 0 Å². The number of anilines is 2. The predicted octanol–water partition coefficient (Wildman–Crippen LogP) is 2.70. The molecule has 0 unspecified atom stereocenters. The molecule has 30 heavy (non-hydrogen) atoms. The van der Waals surface area contributed by atoms with Crippen molar-refractivity contribution in [3.05, 3.63) is 53.6 Å². The Balaban J connectivity index is 1.62. The highest BCUT2D eigenvalue weighted by Crippen LogP contribution is 2.35. The average Bonchev–Trinajstić information content (AvgIpc) is 3.35. The third-order valence-electron chi connectivity index (χ3n) is 5.67. The van der Waals surface area contributed by atoms with Crippen LogP contribution >= 0.6 is 0 Å². The summed E-state index contributed by atoms with van der Waals surface area (Å²) in [6.45, 7) is 4.41. The Morgan fingerprint density at radius 2 is 1.80 bits per heavy atom. The second kappa shape index (κ2) is 7.85. The molecule has 7 nitrogen and oxygen atoms in total. The maximum absolute atomic E-state index is 13.0. The minimum absolute atomic E-state index is 0.214. The van der Waals surface area contributed by atoms with Crippen molar-refractivity contribution in [1.29, 1.82) is 0 Å². The third kappa shape index (κ3) is 3.73. The third-order valence-corrected chi connectivity index (χ3v) is 7.56. The Kier molecular flexibility index (Phi) is 5.38. The zero-order chi connectivity index (χ0) is 21.5. The molecule has 2 aliphatic rings. The monoisotopic (exact) mass is 427 g/mol. The lowest BCUT2D eigenvalue weighted by molar-refractivity contribution is -0.122. The average molecular weight is 428 g/mol. The molecule has 0 bridgehead atoms. The molecule has 8 heteroatoms. The van der Waals surface area contributed by atoms with E-state index in [-0.39, 0.29) is 23.1 Å². The highest BCUT2D eigenvalue weighted by molar-refractivity contribution is 7.89. The number of fused-ring (bicyclic) bond motifs is 1. The summed E-state index contributed by atoms with van der Waals surface area (Å²) in [7, 11) is -3.56. The van der Waals surface area contributed by atoms with Gasteiger partial charge in [0.2, 0.25) is 21.8 Å². The number of nitrogens with zero attached hydrogens (tertiary/aromatic N) is 2. The number of sulfonamides is 1. The molecule has 2 heterocycles. The van der Waals surface area contributed by atoms with E-state index in [4.69, 9.17) is 0 Å². The lowest BCUT2D eigenvalue weighted by atomic mass is 10.1. The molecule has 4 rings (SSSR count). The number of aryl methyl sites for hydroxylation is 1. The largest absolute Gasteiger partial charge is 0.324 e. The number of carbonyl (C=O) groups is 2. The van der Waals surface area contributed by atoms with Gasteiger partial charge >= 0.3 is 0 Å². The Morgan fingerprint density at radius 3 is 2.47 bits per heavy atom. The van der Waals surface area contributed by atoms with Crippen molar-refractivity contribution in [2.45, 2.75) is 44.0 Å². The molecule has 0 saturated carbocycles. The number of amides is 2. The number of hydrogen-bond donors (Lipinski definition) is 1. The molecule has 2 aromatic carbocycles.